The zero-order chi connectivity index (χ0) is 6.81. The lowest BCUT2D eigenvalue weighted by molar-refractivity contribution is 0.733. The molecule has 0 saturated heterocycles. The van der Waals surface area contributed by atoms with Crippen LogP contribution in [0.15, 0.2) is 23.6 Å². The molecule has 0 saturated carbocycles. The summed E-state index contributed by atoms with van der Waals surface area (Å²) in [7, 11) is 0. The van der Waals surface area contributed by atoms with Gasteiger partial charge in [0.15, 0.2) is 0 Å². The first-order chi connectivity index (χ1) is 4.97. The lowest BCUT2D eigenvalue weighted by Gasteiger charge is -2.08. The topological polar surface area (TPSA) is 37.3 Å². The summed E-state index contributed by atoms with van der Waals surface area (Å²) in [6.07, 6.45) is 5.39. The van der Waals surface area contributed by atoms with Crippen molar-refractivity contribution >= 4 is 6.21 Å². The lowest BCUT2D eigenvalue weighted by atomic mass is 10.1. The second kappa shape index (κ2) is 2.10. The average Bonchev–Trinajstić information content (AvgIpc) is 2.05. The van der Waals surface area contributed by atoms with Gasteiger partial charge in [0.25, 0.3) is 0 Å². The smallest absolute Gasteiger partial charge is 0.0587 e. The molecule has 0 aromatic carbocycles. The van der Waals surface area contributed by atoms with Crippen LogP contribution >= 0.6 is 0 Å². The molecule has 0 unspecified atom stereocenters. The van der Waals surface area contributed by atoms with Gasteiger partial charge in [0, 0.05) is 18.0 Å². The van der Waals surface area contributed by atoms with E-state index in [9.17, 15) is 0 Å². The maximum absolute atomic E-state index is 3.98. The van der Waals surface area contributed by atoms with Crippen molar-refractivity contribution < 1.29 is 0 Å². The van der Waals surface area contributed by atoms with Crippen molar-refractivity contribution in [2.24, 2.45) is 5.10 Å². The van der Waals surface area contributed by atoms with Crippen LogP contribution in [0.3, 0.4) is 0 Å². The van der Waals surface area contributed by atoms with Crippen LogP contribution in [0.1, 0.15) is 11.1 Å². The zero-order valence-electron chi connectivity index (χ0n) is 5.41. The predicted molar refractivity (Wildman–Crippen MR) is 38.7 cm³/mol. The second-order valence-corrected chi connectivity index (χ2v) is 2.17. The first-order valence-electron chi connectivity index (χ1n) is 3.15. The molecule has 3 nitrogen and oxygen atoms in total. The molecule has 50 valence electrons. The fourth-order valence-electron chi connectivity index (χ4n) is 0.959. The van der Waals surface area contributed by atoms with Crippen LogP contribution in [-0.4, -0.2) is 11.2 Å². The largest absolute Gasteiger partial charge is 0.306 e. The molecule has 1 aliphatic heterocycles. The fourth-order valence-corrected chi connectivity index (χ4v) is 0.959. The van der Waals surface area contributed by atoms with E-state index in [0.29, 0.717) is 0 Å². The highest BCUT2D eigenvalue weighted by Crippen LogP contribution is 2.06. The van der Waals surface area contributed by atoms with Gasteiger partial charge in [0.1, 0.15) is 0 Å². The first kappa shape index (κ1) is 5.41. The highest BCUT2D eigenvalue weighted by Gasteiger charge is 2.01. The van der Waals surface area contributed by atoms with Gasteiger partial charge in [-0.3, -0.25) is 4.98 Å². The highest BCUT2D eigenvalue weighted by atomic mass is 15.3. The number of aromatic nitrogens is 1. The van der Waals surface area contributed by atoms with Crippen LogP contribution in [0, 0.1) is 0 Å². The molecule has 3 heteroatoms. The Hall–Kier alpha value is -1.38. The van der Waals surface area contributed by atoms with Crippen molar-refractivity contribution in [3.05, 3.63) is 29.6 Å². The van der Waals surface area contributed by atoms with Crippen molar-refractivity contribution in [3.63, 3.8) is 0 Å². The molecule has 2 heterocycles. The molecule has 2 rings (SSSR count). The summed E-state index contributed by atoms with van der Waals surface area (Å²) >= 11 is 0. The summed E-state index contributed by atoms with van der Waals surface area (Å²) in [6, 6.07) is 1.99. The van der Waals surface area contributed by atoms with E-state index >= 15 is 0 Å². The van der Waals surface area contributed by atoms with Gasteiger partial charge in [-0.2, -0.15) is 5.10 Å². The molecular formula is C7H7N3. The van der Waals surface area contributed by atoms with Crippen LogP contribution in [0.2, 0.25) is 0 Å². The molecule has 0 fully saturated rings. The van der Waals surface area contributed by atoms with E-state index in [1.54, 1.807) is 12.4 Å². The third-order valence-corrected chi connectivity index (χ3v) is 1.51. The standard InChI is InChI=1S/C7H7N3/c1-2-8-3-7-5-10-9-4-6(1)7/h1-3,5,9H,4H2. The minimum atomic E-state index is 0.814. The summed E-state index contributed by atoms with van der Waals surface area (Å²) in [6.45, 7) is 0.814. The van der Waals surface area contributed by atoms with Crippen molar-refractivity contribution in [1.82, 2.24) is 10.4 Å². The maximum Gasteiger partial charge on any atom is 0.0587 e. The Kier molecular flexibility index (Phi) is 1.13. The highest BCUT2D eigenvalue weighted by molar-refractivity contribution is 5.81. The van der Waals surface area contributed by atoms with E-state index in [1.807, 2.05) is 12.3 Å². The number of rotatable bonds is 0. The molecule has 1 aromatic rings. The molecule has 0 bridgehead atoms. The number of fused-ring (bicyclic) bond motifs is 1. The normalized spacial score (nSPS) is 14.0. The molecule has 0 atom stereocenters. The average molecular weight is 133 g/mol. The van der Waals surface area contributed by atoms with Gasteiger partial charge < -0.3 is 5.43 Å². The summed E-state index contributed by atoms with van der Waals surface area (Å²) in [4.78, 5) is 3.98. The molecule has 0 radical (unpaired) electrons. The number of hydrogen-bond acceptors (Lipinski definition) is 3. The van der Waals surface area contributed by atoms with Gasteiger partial charge in [0.2, 0.25) is 0 Å². The molecule has 10 heavy (non-hydrogen) atoms. The second-order valence-electron chi connectivity index (χ2n) is 2.17. The van der Waals surface area contributed by atoms with Crippen LogP contribution in [0.25, 0.3) is 0 Å². The van der Waals surface area contributed by atoms with Gasteiger partial charge >= 0.3 is 0 Å². The predicted octanol–water partition coefficient (Wildman–Crippen LogP) is 0.519. The van der Waals surface area contributed by atoms with E-state index in [0.717, 1.165) is 12.1 Å². The van der Waals surface area contributed by atoms with Gasteiger partial charge in [-0.25, -0.2) is 0 Å². The van der Waals surface area contributed by atoms with E-state index in [4.69, 9.17) is 0 Å². The molecule has 1 aliphatic rings. The Morgan fingerprint density at radius 1 is 1.50 bits per heavy atom. The number of pyridine rings is 1. The quantitative estimate of drug-likeness (QED) is 0.560. The van der Waals surface area contributed by atoms with Gasteiger partial charge in [0.05, 0.1) is 12.8 Å². The van der Waals surface area contributed by atoms with E-state index in [2.05, 4.69) is 15.5 Å². The lowest BCUT2D eigenvalue weighted by Crippen LogP contribution is -2.13. The third-order valence-electron chi connectivity index (χ3n) is 1.51. The number of hydrogen-bond donors (Lipinski definition) is 1. The third kappa shape index (κ3) is 0.757. The molecule has 1 N–H and O–H groups in total. The minimum Gasteiger partial charge on any atom is -0.306 e. The van der Waals surface area contributed by atoms with Crippen LogP contribution < -0.4 is 5.43 Å². The van der Waals surface area contributed by atoms with Crippen molar-refractivity contribution in [2.75, 3.05) is 0 Å². The molecule has 1 aromatic heterocycles. The van der Waals surface area contributed by atoms with Crippen molar-refractivity contribution in [3.8, 4) is 0 Å². The van der Waals surface area contributed by atoms with Gasteiger partial charge in [-0.1, -0.05) is 0 Å². The monoisotopic (exact) mass is 133 g/mol. The van der Waals surface area contributed by atoms with Gasteiger partial charge in [-0.05, 0) is 11.6 Å². The van der Waals surface area contributed by atoms with Gasteiger partial charge in [-0.15, -0.1) is 0 Å². The number of nitrogens with zero attached hydrogens (tertiary/aromatic N) is 2. The Morgan fingerprint density at radius 2 is 2.50 bits per heavy atom. The summed E-state index contributed by atoms with van der Waals surface area (Å²) in [5.74, 6) is 0. The Morgan fingerprint density at radius 3 is 3.40 bits per heavy atom. The molecule has 0 aliphatic carbocycles. The summed E-state index contributed by atoms with van der Waals surface area (Å²) in [5.41, 5.74) is 5.25. The summed E-state index contributed by atoms with van der Waals surface area (Å²) in [5, 5.41) is 3.90. The Labute approximate surface area is 58.8 Å². The Balaban J connectivity index is 2.54. The maximum atomic E-state index is 3.98. The van der Waals surface area contributed by atoms with E-state index in [1.165, 1.54) is 5.56 Å². The summed E-state index contributed by atoms with van der Waals surface area (Å²) < 4.78 is 0. The van der Waals surface area contributed by atoms with Crippen LogP contribution in [0.4, 0.5) is 0 Å². The SMILES string of the molecule is C1=NNCc2ccncc21. The molecular weight excluding hydrogens is 126 g/mol. The van der Waals surface area contributed by atoms with Crippen LogP contribution in [0.5, 0.6) is 0 Å². The molecule has 0 amide bonds. The number of nitrogens with one attached hydrogen (secondary N) is 1. The van der Waals surface area contributed by atoms with E-state index < -0.39 is 0 Å². The minimum absolute atomic E-state index is 0.814. The fraction of sp³-hybridized carbons (Fsp3) is 0.143. The zero-order valence-corrected chi connectivity index (χ0v) is 5.41. The Bertz CT molecular complexity index is 267. The van der Waals surface area contributed by atoms with Crippen LogP contribution in [-0.2, 0) is 6.54 Å². The van der Waals surface area contributed by atoms with Crippen molar-refractivity contribution in [1.29, 1.82) is 0 Å². The number of hydrazone groups is 1. The molecule has 0 spiro atoms. The van der Waals surface area contributed by atoms with Crippen molar-refractivity contribution in [2.45, 2.75) is 6.54 Å². The van der Waals surface area contributed by atoms with E-state index in [-0.39, 0.29) is 0 Å². The first-order valence-corrected chi connectivity index (χ1v) is 3.15.